The standard InChI is InChI=1S/C12H20N4O2/c1-2-15-4-6-16(7-5-15)9-10-3-8-18-11(10)12(17)14-13/h3,8H,2,4-7,9,13H2,1H3,(H,14,17). The normalized spacial score (nSPS) is 17.9. The first kappa shape index (κ1) is 13.1. The molecular weight excluding hydrogens is 232 g/mol. The van der Waals surface area contributed by atoms with E-state index in [9.17, 15) is 4.79 Å². The summed E-state index contributed by atoms with van der Waals surface area (Å²) in [4.78, 5) is 16.2. The number of furan rings is 1. The Labute approximate surface area is 107 Å². The fourth-order valence-corrected chi connectivity index (χ4v) is 2.23. The smallest absolute Gasteiger partial charge is 0.301 e. The minimum atomic E-state index is -0.373. The van der Waals surface area contributed by atoms with Gasteiger partial charge < -0.3 is 9.32 Å². The highest BCUT2D eigenvalue weighted by molar-refractivity contribution is 5.92. The number of amides is 1. The van der Waals surface area contributed by atoms with Gasteiger partial charge in [0.25, 0.3) is 0 Å². The van der Waals surface area contributed by atoms with Crippen LogP contribution in [0.2, 0.25) is 0 Å². The van der Waals surface area contributed by atoms with Crippen molar-refractivity contribution in [2.75, 3.05) is 32.7 Å². The van der Waals surface area contributed by atoms with Crippen LogP contribution in [0.5, 0.6) is 0 Å². The van der Waals surface area contributed by atoms with Gasteiger partial charge in [0, 0.05) is 38.3 Å². The van der Waals surface area contributed by atoms with E-state index in [1.807, 2.05) is 6.07 Å². The molecule has 0 atom stereocenters. The fourth-order valence-electron chi connectivity index (χ4n) is 2.23. The first-order chi connectivity index (χ1) is 8.74. The number of hydrazine groups is 1. The number of hydrogen-bond acceptors (Lipinski definition) is 5. The molecule has 0 aliphatic carbocycles. The second-order valence-electron chi connectivity index (χ2n) is 4.46. The van der Waals surface area contributed by atoms with E-state index in [2.05, 4.69) is 22.1 Å². The van der Waals surface area contributed by atoms with Crippen molar-refractivity contribution in [3.8, 4) is 0 Å². The van der Waals surface area contributed by atoms with Crippen molar-refractivity contribution >= 4 is 5.91 Å². The molecule has 18 heavy (non-hydrogen) atoms. The van der Waals surface area contributed by atoms with Crippen LogP contribution in [0.25, 0.3) is 0 Å². The van der Waals surface area contributed by atoms with Gasteiger partial charge >= 0.3 is 5.91 Å². The average molecular weight is 252 g/mol. The summed E-state index contributed by atoms with van der Waals surface area (Å²) in [5, 5.41) is 0. The van der Waals surface area contributed by atoms with Crippen molar-refractivity contribution in [2.45, 2.75) is 13.5 Å². The number of piperazine rings is 1. The topological polar surface area (TPSA) is 74.7 Å². The zero-order chi connectivity index (χ0) is 13.0. The molecule has 6 nitrogen and oxygen atoms in total. The molecule has 3 N–H and O–H groups in total. The quantitative estimate of drug-likeness (QED) is 0.449. The number of nitrogens with zero attached hydrogens (tertiary/aromatic N) is 2. The van der Waals surface area contributed by atoms with Crippen molar-refractivity contribution in [3.63, 3.8) is 0 Å². The molecule has 0 spiro atoms. The van der Waals surface area contributed by atoms with Gasteiger partial charge in [0.2, 0.25) is 0 Å². The van der Waals surface area contributed by atoms with E-state index in [0.29, 0.717) is 5.76 Å². The van der Waals surface area contributed by atoms with E-state index in [1.165, 1.54) is 6.26 Å². The van der Waals surface area contributed by atoms with Crippen molar-refractivity contribution in [1.29, 1.82) is 0 Å². The van der Waals surface area contributed by atoms with Crippen molar-refractivity contribution in [2.24, 2.45) is 5.84 Å². The van der Waals surface area contributed by atoms with Crippen molar-refractivity contribution in [1.82, 2.24) is 15.2 Å². The Kier molecular flexibility index (Phi) is 4.35. The minimum Gasteiger partial charge on any atom is -0.459 e. The third-order valence-electron chi connectivity index (χ3n) is 3.39. The highest BCUT2D eigenvalue weighted by Gasteiger charge is 2.20. The number of nitrogens with one attached hydrogen (secondary N) is 1. The van der Waals surface area contributed by atoms with Crippen LogP contribution in [-0.4, -0.2) is 48.4 Å². The molecule has 0 radical (unpaired) electrons. The van der Waals surface area contributed by atoms with Crippen LogP contribution in [0.4, 0.5) is 0 Å². The minimum absolute atomic E-state index is 0.315. The Morgan fingerprint density at radius 1 is 1.39 bits per heavy atom. The first-order valence-corrected chi connectivity index (χ1v) is 6.26. The molecule has 1 aliphatic heterocycles. The number of carbonyl (C=O) groups is 1. The highest BCUT2D eigenvalue weighted by atomic mass is 16.3. The fraction of sp³-hybridized carbons (Fsp3) is 0.583. The predicted molar refractivity (Wildman–Crippen MR) is 67.8 cm³/mol. The lowest BCUT2D eigenvalue weighted by molar-refractivity contribution is 0.0920. The van der Waals surface area contributed by atoms with Crippen LogP contribution in [0.15, 0.2) is 16.7 Å². The highest BCUT2D eigenvalue weighted by Crippen LogP contribution is 2.14. The molecule has 0 aromatic carbocycles. The number of hydrogen-bond donors (Lipinski definition) is 2. The molecule has 6 heteroatoms. The van der Waals surface area contributed by atoms with Gasteiger partial charge in [0.1, 0.15) is 0 Å². The summed E-state index contributed by atoms with van der Waals surface area (Å²) < 4.78 is 5.17. The maximum absolute atomic E-state index is 11.5. The molecule has 2 heterocycles. The van der Waals surface area contributed by atoms with Gasteiger partial charge in [-0.15, -0.1) is 0 Å². The summed E-state index contributed by atoms with van der Waals surface area (Å²) >= 11 is 0. The second kappa shape index (κ2) is 5.99. The van der Waals surface area contributed by atoms with Crippen LogP contribution in [0.3, 0.4) is 0 Å². The van der Waals surface area contributed by atoms with Crippen LogP contribution in [0.1, 0.15) is 23.0 Å². The summed E-state index contributed by atoms with van der Waals surface area (Å²) in [7, 11) is 0. The van der Waals surface area contributed by atoms with Crippen LogP contribution < -0.4 is 11.3 Å². The maximum atomic E-state index is 11.5. The van der Waals surface area contributed by atoms with Gasteiger partial charge in [-0.3, -0.25) is 15.1 Å². The van der Waals surface area contributed by atoms with E-state index in [-0.39, 0.29) is 5.91 Å². The third-order valence-corrected chi connectivity index (χ3v) is 3.39. The Hall–Kier alpha value is -1.37. The SMILES string of the molecule is CCN1CCN(Cc2ccoc2C(=O)NN)CC1. The zero-order valence-electron chi connectivity index (χ0n) is 10.7. The number of nitrogens with two attached hydrogens (primary N) is 1. The summed E-state index contributed by atoms with van der Waals surface area (Å²) in [6.45, 7) is 8.19. The predicted octanol–water partition coefficient (Wildman–Crippen LogP) is 0.0206. The number of carbonyl (C=O) groups excluding carboxylic acids is 1. The molecule has 1 saturated heterocycles. The van der Waals surface area contributed by atoms with Crippen molar-refractivity contribution in [3.05, 3.63) is 23.7 Å². The molecule has 2 rings (SSSR count). The Balaban J connectivity index is 1.94. The molecule has 100 valence electrons. The molecule has 1 amide bonds. The number of nitrogen functional groups attached to an aromatic ring is 1. The van der Waals surface area contributed by atoms with Crippen LogP contribution in [-0.2, 0) is 6.54 Å². The van der Waals surface area contributed by atoms with E-state index in [4.69, 9.17) is 10.3 Å². The van der Waals surface area contributed by atoms with Gasteiger partial charge in [-0.2, -0.15) is 0 Å². The Morgan fingerprint density at radius 2 is 2.06 bits per heavy atom. The Morgan fingerprint density at radius 3 is 2.67 bits per heavy atom. The molecule has 1 aliphatic rings. The van der Waals surface area contributed by atoms with Gasteiger partial charge in [0.15, 0.2) is 5.76 Å². The third kappa shape index (κ3) is 2.90. The van der Waals surface area contributed by atoms with E-state index < -0.39 is 0 Å². The largest absolute Gasteiger partial charge is 0.459 e. The zero-order valence-corrected chi connectivity index (χ0v) is 10.7. The monoisotopic (exact) mass is 252 g/mol. The number of rotatable bonds is 4. The lowest BCUT2D eigenvalue weighted by Crippen LogP contribution is -2.45. The summed E-state index contributed by atoms with van der Waals surface area (Å²) in [5.74, 6) is 5.06. The summed E-state index contributed by atoms with van der Waals surface area (Å²) in [5.41, 5.74) is 2.99. The first-order valence-electron chi connectivity index (χ1n) is 6.26. The van der Waals surface area contributed by atoms with E-state index >= 15 is 0 Å². The second-order valence-corrected chi connectivity index (χ2v) is 4.46. The number of likely N-dealkylation sites (N-methyl/N-ethyl adjacent to an activating group) is 1. The van der Waals surface area contributed by atoms with E-state index in [1.54, 1.807) is 0 Å². The van der Waals surface area contributed by atoms with Gasteiger partial charge in [-0.25, -0.2) is 5.84 Å². The van der Waals surface area contributed by atoms with Gasteiger partial charge in [-0.1, -0.05) is 6.92 Å². The molecule has 0 saturated carbocycles. The molecule has 1 aromatic rings. The molecule has 0 unspecified atom stereocenters. The summed E-state index contributed by atoms with van der Waals surface area (Å²) in [6, 6.07) is 1.83. The molecular formula is C12H20N4O2. The summed E-state index contributed by atoms with van der Waals surface area (Å²) in [6.07, 6.45) is 1.53. The van der Waals surface area contributed by atoms with Crippen molar-refractivity contribution < 1.29 is 9.21 Å². The van der Waals surface area contributed by atoms with Gasteiger partial charge in [-0.05, 0) is 12.6 Å². The molecule has 0 bridgehead atoms. The van der Waals surface area contributed by atoms with E-state index in [0.717, 1.165) is 44.8 Å². The maximum Gasteiger partial charge on any atom is 0.301 e. The lowest BCUT2D eigenvalue weighted by atomic mass is 10.2. The lowest BCUT2D eigenvalue weighted by Gasteiger charge is -2.33. The van der Waals surface area contributed by atoms with Crippen LogP contribution in [0, 0.1) is 0 Å². The molecule has 1 fully saturated rings. The van der Waals surface area contributed by atoms with Gasteiger partial charge in [0.05, 0.1) is 6.26 Å². The van der Waals surface area contributed by atoms with Crippen LogP contribution >= 0.6 is 0 Å². The average Bonchev–Trinajstić information content (AvgIpc) is 2.87. The Bertz CT molecular complexity index is 397. The molecule has 1 aromatic heterocycles.